The molecule has 1 N–H and O–H groups in total. The lowest BCUT2D eigenvalue weighted by atomic mass is 10.1. The van der Waals surface area contributed by atoms with Crippen LogP contribution in [0.2, 0.25) is 0 Å². The van der Waals surface area contributed by atoms with E-state index in [-0.39, 0.29) is 10.8 Å². The minimum absolute atomic E-state index is 0.189. The molecule has 2 heterocycles. The number of piperidine rings is 1. The Morgan fingerprint density at radius 2 is 1.74 bits per heavy atom. The SMILES string of the molecule is Cc1ccc(S(=O)(=O)N2CCCCC2)cc1C(=O)Nc1cccc(C2SCCCS2)c1. The van der Waals surface area contributed by atoms with Crippen LogP contribution in [0.1, 0.15) is 51.8 Å². The van der Waals surface area contributed by atoms with E-state index in [1.807, 2.05) is 48.6 Å². The van der Waals surface area contributed by atoms with E-state index in [2.05, 4.69) is 11.4 Å². The topological polar surface area (TPSA) is 66.5 Å². The van der Waals surface area contributed by atoms with Crippen molar-refractivity contribution in [3.63, 3.8) is 0 Å². The van der Waals surface area contributed by atoms with Gasteiger partial charge < -0.3 is 5.32 Å². The zero-order chi connectivity index (χ0) is 21.8. The first kappa shape index (κ1) is 22.7. The largest absolute Gasteiger partial charge is 0.322 e. The Labute approximate surface area is 193 Å². The van der Waals surface area contributed by atoms with E-state index >= 15 is 0 Å². The number of hydrogen-bond acceptors (Lipinski definition) is 5. The first-order valence-corrected chi connectivity index (χ1v) is 14.2. The molecule has 2 aromatic carbocycles. The maximum Gasteiger partial charge on any atom is 0.255 e. The Hall–Kier alpha value is -1.48. The van der Waals surface area contributed by atoms with Crippen molar-refractivity contribution >= 4 is 45.1 Å². The van der Waals surface area contributed by atoms with E-state index < -0.39 is 10.0 Å². The van der Waals surface area contributed by atoms with E-state index in [4.69, 9.17) is 0 Å². The van der Waals surface area contributed by atoms with Crippen molar-refractivity contribution in [3.8, 4) is 0 Å². The highest BCUT2D eigenvalue weighted by Crippen LogP contribution is 2.44. The monoisotopic (exact) mass is 476 g/mol. The summed E-state index contributed by atoms with van der Waals surface area (Å²) in [6.07, 6.45) is 4.06. The van der Waals surface area contributed by atoms with Gasteiger partial charge in [0.15, 0.2) is 0 Å². The fourth-order valence-electron chi connectivity index (χ4n) is 3.90. The molecule has 8 heteroatoms. The summed E-state index contributed by atoms with van der Waals surface area (Å²) < 4.78 is 28.0. The van der Waals surface area contributed by atoms with Crippen LogP contribution in [0.5, 0.6) is 0 Å². The Bertz CT molecular complexity index is 1040. The van der Waals surface area contributed by atoms with Gasteiger partial charge in [-0.05, 0) is 73.1 Å². The number of carbonyl (C=O) groups excluding carboxylic acids is 1. The first-order chi connectivity index (χ1) is 14.9. The molecule has 2 saturated heterocycles. The van der Waals surface area contributed by atoms with Crippen molar-refractivity contribution in [2.24, 2.45) is 0 Å². The molecule has 0 atom stereocenters. The van der Waals surface area contributed by atoms with Crippen LogP contribution < -0.4 is 5.32 Å². The van der Waals surface area contributed by atoms with Crippen molar-refractivity contribution in [2.45, 2.75) is 42.1 Å². The van der Waals surface area contributed by atoms with Crippen LogP contribution >= 0.6 is 23.5 Å². The number of benzene rings is 2. The second kappa shape index (κ2) is 9.98. The van der Waals surface area contributed by atoms with Gasteiger partial charge in [-0.2, -0.15) is 4.31 Å². The summed E-state index contributed by atoms with van der Waals surface area (Å²) >= 11 is 3.88. The third-order valence-electron chi connectivity index (χ3n) is 5.65. The van der Waals surface area contributed by atoms with Crippen molar-refractivity contribution < 1.29 is 13.2 Å². The number of nitrogens with zero attached hydrogens (tertiary/aromatic N) is 1. The van der Waals surface area contributed by atoms with Gasteiger partial charge in [0.25, 0.3) is 5.91 Å². The molecule has 1 amide bonds. The highest BCUT2D eigenvalue weighted by atomic mass is 32.2. The Kier molecular flexibility index (Phi) is 7.31. The molecule has 2 aromatic rings. The quantitative estimate of drug-likeness (QED) is 0.635. The molecule has 0 spiro atoms. The molecule has 0 unspecified atom stereocenters. The minimum Gasteiger partial charge on any atom is -0.322 e. The lowest BCUT2D eigenvalue weighted by Gasteiger charge is -2.26. The third kappa shape index (κ3) is 5.30. The lowest BCUT2D eigenvalue weighted by Crippen LogP contribution is -2.35. The first-order valence-electron chi connectivity index (χ1n) is 10.7. The summed E-state index contributed by atoms with van der Waals surface area (Å²) in [7, 11) is -3.58. The van der Waals surface area contributed by atoms with E-state index in [9.17, 15) is 13.2 Å². The summed E-state index contributed by atoms with van der Waals surface area (Å²) in [5.74, 6) is 2.03. The smallest absolute Gasteiger partial charge is 0.255 e. The fourth-order valence-corrected chi connectivity index (χ4v) is 8.32. The van der Waals surface area contributed by atoms with Crippen LogP contribution in [0.15, 0.2) is 47.4 Å². The summed E-state index contributed by atoms with van der Waals surface area (Å²) in [6, 6.07) is 12.8. The van der Waals surface area contributed by atoms with Gasteiger partial charge in [-0.3, -0.25) is 4.79 Å². The molecule has 0 bridgehead atoms. The zero-order valence-corrected chi connectivity index (χ0v) is 20.1. The van der Waals surface area contributed by atoms with Gasteiger partial charge in [0.2, 0.25) is 10.0 Å². The summed E-state index contributed by atoms with van der Waals surface area (Å²) in [4.78, 5) is 13.2. The van der Waals surface area contributed by atoms with E-state index in [0.29, 0.717) is 23.2 Å². The van der Waals surface area contributed by atoms with Crippen molar-refractivity contribution in [3.05, 3.63) is 59.2 Å². The van der Waals surface area contributed by atoms with Crippen LogP contribution in [0.4, 0.5) is 5.69 Å². The number of nitrogens with one attached hydrogen (secondary N) is 1. The van der Waals surface area contributed by atoms with Crippen LogP contribution in [-0.4, -0.2) is 43.2 Å². The highest BCUT2D eigenvalue weighted by molar-refractivity contribution is 8.16. The van der Waals surface area contributed by atoms with Crippen molar-refractivity contribution in [2.75, 3.05) is 29.9 Å². The number of amides is 1. The normalized spacial score (nSPS) is 18.6. The predicted molar refractivity (Wildman–Crippen MR) is 130 cm³/mol. The fraction of sp³-hybridized carbons (Fsp3) is 0.435. The van der Waals surface area contributed by atoms with Crippen LogP contribution in [0, 0.1) is 6.92 Å². The molecule has 31 heavy (non-hydrogen) atoms. The molecule has 0 aliphatic carbocycles. The summed E-state index contributed by atoms with van der Waals surface area (Å²) in [5.41, 5.74) is 3.08. The van der Waals surface area contributed by atoms with Crippen LogP contribution in [0.3, 0.4) is 0 Å². The lowest BCUT2D eigenvalue weighted by molar-refractivity contribution is 0.102. The molecular weight excluding hydrogens is 448 g/mol. The van der Waals surface area contributed by atoms with Gasteiger partial charge in [-0.15, -0.1) is 23.5 Å². The molecule has 0 saturated carbocycles. The number of thioether (sulfide) groups is 2. The molecular formula is C23H28N2O3S3. The van der Waals surface area contributed by atoms with Crippen LogP contribution in [-0.2, 0) is 10.0 Å². The van der Waals surface area contributed by atoms with Gasteiger partial charge in [-0.25, -0.2) is 8.42 Å². The summed E-state index contributed by atoms with van der Waals surface area (Å²) in [6.45, 7) is 2.92. The number of rotatable bonds is 5. The zero-order valence-electron chi connectivity index (χ0n) is 17.7. The Morgan fingerprint density at radius 1 is 1.00 bits per heavy atom. The molecule has 166 valence electrons. The molecule has 2 aliphatic rings. The predicted octanol–water partition coefficient (Wildman–Crippen LogP) is 5.29. The Morgan fingerprint density at radius 3 is 2.48 bits per heavy atom. The molecule has 5 nitrogen and oxygen atoms in total. The van der Waals surface area contributed by atoms with E-state index in [0.717, 1.165) is 42.0 Å². The number of carbonyl (C=O) groups is 1. The van der Waals surface area contributed by atoms with Gasteiger partial charge in [-0.1, -0.05) is 24.6 Å². The van der Waals surface area contributed by atoms with E-state index in [1.54, 1.807) is 12.1 Å². The molecule has 4 rings (SSSR count). The molecule has 2 fully saturated rings. The maximum atomic E-state index is 13.0. The second-order valence-electron chi connectivity index (χ2n) is 7.95. The van der Waals surface area contributed by atoms with Crippen molar-refractivity contribution in [1.29, 1.82) is 0 Å². The standard InChI is InChI=1S/C23H28N2O3S3/c1-17-9-10-20(31(27,28)25-11-3-2-4-12-25)16-21(17)22(26)24-19-8-5-7-18(15-19)23-29-13-6-14-30-23/h5,7-10,15-16,23H,2-4,6,11-14H2,1H3,(H,24,26). The number of hydrogen-bond donors (Lipinski definition) is 1. The van der Waals surface area contributed by atoms with Gasteiger partial charge in [0.1, 0.15) is 0 Å². The number of anilines is 1. The second-order valence-corrected chi connectivity index (χ2v) is 12.6. The van der Waals surface area contributed by atoms with Gasteiger partial charge >= 0.3 is 0 Å². The molecule has 0 radical (unpaired) electrons. The summed E-state index contributed by atoms with van der Waals surface area (Å²) in [5, 5.41) is 2.97. The van der Waals surface area contributed by atoms with E-state index in [1.165, 1.54) is 22.4 Å². The van der Waals surface area contributed by atoms with Crippen molar-refractivity contribution in [1.82, 2.24) is 4.31 Å². The maximum absolute atomic E-state index is 13.0. The minimum atomic E-state index is -3.58. The highest BCUT2D eigenvalue weighted by Gasteiger charge is 2.27. The van der Waals surface area contributed by atoms with Crippen LogP contribution in [0.25, 0.3) is 0 Å². The van der Waals surface area contributed by atoms with Gasteiger partial charge in [0, 0.05) is 24.3 Å². The third-order valence-corrected chi connectivity index (χ3v) is 10.6. The molecule has 0 aromatic heterocycles. The number of sulfonamides is 1. The average Bonchev–Trinajstić information content (AvgIpc) is 2.80. The average molecular weight is 477 g/mol. The number of aryl methyl sites for hydroxylation is 1. The van der Waals surface area contributed by atoms with Gasteiger partial charge in [0.05, 0.1) is 9.48 Å². The molecule has 2 aliphatic heterocycles. The Balaban J connectivity index is 1.54.